The lowest BCUT2D eigenvalue weighted by atomic mass is 10.1. The van der Waals surface area contributed by atoms with Crippen molar-refractivity contribution >= 4 is 17.3 Å². The maximum atomic E-state index is 12.0. The molecule has 1 aliphatic carbocycles. The molecule has 21 heavy (non-hydrogen) atoms. The lowest BCUT2D eigenvalue weighted by Gasteiger charge is -2.16. The molecule has 1 saturated carbocycles. The van der Waals surface area contributed by atoms with Gasteiger partial charge in [-0.3, -0.25) is 19.7 Å². The summed E-state index contributed by atoms with van der Waals surface area (Å²) < 4.78 is 0. The molecule has 114 valence electrons. The minimum atomic E-state index is -0.471. The number of nitro benzene ring substituents is 1. The first-order valence-electron chi connectivity index (χ1n) is 6.90. The summed E-state index contributed by atoms with van der Waals surface area (Å²) in [5.74, 6) is -0.423. The van der Waals surface area contributed by atoms with Crippen LogP contribution in [0.4, 0.5) is 11.4 Å². The molecule has 0 saturated heterocycles. The van der Waals surface area contributed by atoms with Crippen molar-refractivity contribution in [3.05, 3.63) is 33.9 Å². The van der Waals surface area contributed by atoms with Crippen molar-refractivity contribution in [2.75, 3.05) is 19.5 Å². The highest BCUT2D eigenvalue weighted by Crippen LogP contribution is 2.30. The number of hydrogen-bond donors (Lipinski definition) is 1. The zero-order valence-electron chi connectivity index (χ0n) is 12.2. The number of benzene rings is 1. The normalized spacial score (nSPS) is 15.0. The van der Waals surface area contributed by atoms with Gasteiger partial charge < -0.3 is 5.32 Å². The minimum Gasteiger partial charge on any atom is -0.377 e. The van der Waals surface area contributed by atoms with Gasteiger partial charge in [0, 0.05) is 24.7 Å². The van der Waals surface area contributed by atoms with Crippen LogP contribution in [0.25, 0.3) is 0 Å². The molecule has 1 fully saturated rings. The highest BCUT2D eigenvalue weighted by atomic mass is 16.7. The summed E-state index contributed by atoms with van der Waals surface area (Å²) in [5, 5.41) is 15.5. The average Bonchev–Trinajstić information content (AvgIpc) is 2.98. The Bertz CT molecular complexity index is 541. The number of hydroxylamine groups is 2. The Morgan fingerprint density at radius 3 is 2.67 bits per heavy atom. The van der Waals surface area contributed by atoms with Gasteiger partial charge in [-0.25, -0.2) is 5.06 Å². The SMILES string of the molecule is CON(C)C(=O)c1ccc(NC2CCCC2)c([N+](=O)[O-])c1. The molecule has 1 aromatic carbocycles. The second-order valence-corrected chi connectivity index (χ2v) is 5.10. The van der Waals surface area contributed by atoms with E-state index in [0.717, 1.165) is 30.7 Å². The van der Waals surface area contributed by atoms with Gasteiger partial charge in [0.1, 0.15) is 5.69 Å². The molecule has 0 unspecified atom stereocenters. The van der Waals surface area contributed by atoms with Gasteiger partial charge in [-0.1, -0.05) is 12.8 Å². The number of carbonyl (C=O) groups excluding carboxylic acids is 1. The number of anilines is 1. The second kappa shape index (κ2) is 6.53. The highest BCUT2D eigenvalue weighted by molar-refractivity contribution is 5.95. The van der Waals surface area contributed by atoms with Gasteiger partial charge in [0.2, 0.25) is 0 Å². The van der Waals surface area contributed by atoms with Gasteiger partial charge in [-0.05, 0) is 25.0 Å². The number of nitrogens with zero attached hydrogens (tertiary/aromatic N) is 2. The molecule has 0 heterocycles. The third-order valence-electron chi connectivity index (χ3n) is 3.72. The van der Waals surface area contributed by atoms with E-state index in [1.807, 2.05) is 0 Å². The third-order valence-corrected chi connectivity index (χ3v) is 3.72. The van der Waals surface area contributed by atoms with Crippen molar-refractivity contribution in [3.63, 3.8) is 0 Å². The van der Waals surface area contributed by atoms with Crippen LogP contribution in [0, 0.1) is 10.1 Å². The van der Waals surface area contributed by atoms with Gasteiger partial charge >= 0.3 is 0 Å². The first kappa shape index (κ1) is 15.2. The van der Waals surface area contributed by atoms with E-state index in [4.69, 9.17) is 4.84 Å². The Morgan fingerprint density at radius 1 is 1.43 bits per heavy atom. The van der Waals surface area contributed by atoms with Gasteiger partial charge in [0.25, 0.3) is 11.6 Å². The van der Waals surface area contributed by atoms with Crippen molar-refractivity contribution < 1.29 is 14.6 Å². The molecular formula is C14H19N3O4. The van der Waals surface area contributed by atoms with Gasteiger partial charge in [0.15, 0.2) is 0 Å². The van der Waals surface area contributed by atoms with Crippen molar-refractivity contribution in [2.45, 2.75) is 31.7 Å². The maximum Gasteiger partial charge on any atom is 0.293 e. The van der Waals surface area contributed by atoms with E-state index in [2.05, 4.69) is 5.32 Å². The van der Waals surface area contributed by atoms with E-state index in [-0.39, 0.29) is 17.3 Å². The Hall–Kier alpha value is -2.15. The molecule has 0 radical (unpaired) electrons. The third kappa shape index (κ3) is 3.49. The van der Waals surface area contributed by atoms with Crippen LogP contribution in [0.3, 0.4) is 0 Å². The van der Waals surface area contributed by atoms with Gasteiger partial charge in [0.05, 0.1) is 12.0 Å². The van der Waals surface area contributed by atoms with Crippen molar-refractivity contribution in [1.29, 1.82) is 0 Å². The zero-order chi connectivity index (χ0) is 15.4. The van der Waals surface area contributed by atoms with Crippen LogP contribution in [-0.2, 0) is 4.84 Å². The predicted octanol–water partition coefficient (Wildman–Crippen LogP) is 2.58. The van der Waals surface area contributed by atoms with Crippen LogP contribution in [0.5, 0.6) is 0 Å². The summed E-state index contributed by atoms with van der Waals surface area (Å²) in [5.41, 5.74) is 0.601. The lowest BCUT2D eigenvalue weighted by molar-refractivity contribution is -0.384. The Labute approximate surface area is 123 Å². The molecule has 1 aromatic rings. The average molecular weight is 293 g/mol. The molecule has 0 atom stereocenters. The van der Waals surface area contributed by atoms with Crippen LogP contribution in [0.15, 0.2) is 18.2 Å². The fraction of sp³-hybridized carbons (Fsp3) is 0.500. The standard InChI is InChI=1S/C14H19N3O4/c1-16(21-2)14(18)10-7-8-12(13(9-10)17(19)20)15-11-5-3-4-6-11/h7-9,11,15H,3-6H2,1-2H3. The fourth-order valence-corrected chi connectivity index (χ4v) is 2.49. The quantitative estimate of drug-likeness (QED) is 0.666. The number of amides is 1. The molecule has 2 rings (SSSR count). The summed E-state index contributed by atoms with van der Waals surface area (Å²) in [6.07, 6.45) is 4.32. The Balaban J connectivity index is 2.26. The topological polar surface area (TPSA) is 84.7 Å². The van der Waals surface area contributed by atoms with E-state index >= 15 is 0 Å². The van der Waals surface area contributed by atoms with E-state index in [0.29, 0.717) is 5.69 Å². The summed E-state index contributed by atoms with van der Waals surface area (Å²) in [4.78, 5) is 27.5. The second-order valence-electron chi connectivity index (χ2n) is 5.10. The molecule has 7 nitrogen and oxygen atoms in total. The fourth-order valence-electron chi connectivity index (χ4n) is 2.49. The molecule has 7 heteroatoms. The number of carbonyl (C=O) groups is 1. The maximum absolute atomic E-state index is 12.0. The molecule has 0 bridgehead atoms. The summed E-state index contributed by atoms with van der Waals surface area (Å²) >= 11 is 0. The number of rotatable bonds is 5. The van der Waals surface area contributed by atoms with E-state index in [9.17, 15) is 14.9 Å². The Morgan fingerprint density at radius 2 is 2.10 bits per heavy atom. The van der Waals surface area contributed by atoms with Crippen LogP contribution < -0.4 is 5.32 Å². The number of nitrogens with one attached hydrogen (secondary N) is 1. The van der Waals surface area contributed by atoms with E-state index < -0.39 is 10.8 Å². The molecule has 1 amide bonds. The molecular weight excluding hydrogens is 274 g/mol. The lowest BCUT2D eigenvalue weighted by Crippen LogP contribution is -2.25. The largest absolute Gasteiger partial charge is 0.377 e. The van der Waals surface area contributed by atoms with Crippen molar-refractivity contribution in [2.24, 2.45) is 0 Å². The molecule has 1 aliphatic rings. The zero-order valence-corrected chi connectivity index (χ0v) is 12.2. The minimum absolute atomic E-state index is 0.0859. The van der Waals surface area contributed by atoms with Gasteiger partial charge in [-0.15, -0.1) is 0 Å². The van der Waals surface area contributed by atoms with Crippen molar-refractivity contribution in [3.8, 4) is 0 Å². The first-order valence-corrected chi connectivity index (χ1v) is 6.90. The number of nitro groups is 1. The van der Waals surface area contributed by atoms with Crippen LogP contribution in [0.1, 0.15) is 36.0 Å². The van der Waals surface area contributed by atoms with Crippen molar-refractivity contribution in [1.82, 2.24) is 5.06 Å². The van der Waals surface area contributed by atoms with E-state index in [1.165, 1.54) is 20.2 Å². The molecule has 0 aromatic heterocycles. The summed E-state index contributed by atoms with van der Waals surface area (Å²) in [6.45, 7) is 0. The van der Waals surface area contributed by atoms with Gasteiger partial charge in [-0.2, -0.15) is 0 Å². The number of hydrogen-bond acceptors (Lipinski definition) is 5. The monoisotopic (exact) mass is 293 g/mol. The predicted molar refractivity (Wildman–Crippen MR) is 78.1 cm³/mol. The molecule has 0 aliphatic heterocycles. The van der Waals surface area contributed by atoms with Crippen LogP contribution in [0.2, 0.25) is 0 Å². The van der Waals surface area contributed by atoms with Crippen LogP contribution in [-0.4, -0.2) is 36.1 Å². The van der Waals surface area contributed by atoms with Crippen LogP contribution >= 0.6 is 0 Å². The first-order chi connectivity index (χ1) is 10.0. The summed E-state index contributed by atoms with van der Waals surface area (Å²) in [6, 6.07) is 4.72. The molecule has 0 spiro atoms. The van der Waals surface area contributed by atoms with E-state index in [1.54, 1.807) is 12.1 Å². The Kier molecular flexibility index (Phi) is 4.74. The highest BCUT2D eigenvalue weighted by Gasteiger charge is 2.22. The smallest absolute Gasteiger partial charge is 0.293 e. The molecule has 1 N–H and O–H groups in total. The summed E-state index contributed by atoms with van der Waals surface area (Å²) in [7, 11) is 2.82.